The molecule has 4 fully saturated rings. The monoisotopic (exact) mass is 454 g/mol. The summed E-state index contributed by atoms with van der Waals surface area (Å²) in [6.07, 6.45) is 2.86. The first-order chi connectivity index (χ1) is 15.0. The van der Waals surface area contributed by atoms with Gasteiger partial charge in [-0.2, -0.15) is 0 Å². The number of unbranched alkanes of at least 4 members (excludes halogenated alkanes) is 1. The lowest BCUT2D eigenvalue weighted by Crippen LogP contribution is -2.54. The third kappa shape index (κ3) is 4.07. The fraction of sp³-hybridized carbons (Fsp3) is 0.857. The molecule has 0 aromatic heterocycles. The predicted octanol–water partition coefficient (Wildman–Crippen LogP) is -0.955. The molecule has 0 radical (unpaired) electrons. The van der Waals surface area contributed by atoms with Gasteiger partial charge >= 0.3 is 0 Å². The summed E-state index contributed by atoms with van der Waals surface area (Å²) >= 11 is 1.69. The molecule has 0 aliphatic carbocycles. The zero-order valence-electron chi connectivity index (χ0n) is 18.2. The quantitative estimate of drug-likeness (QED) is 0.385. The summed E-state index contributed by atoms with van der Waals surface area (Å²) in [5.41, 5.74) is 0. The van der Waals surface area contributed by atoms with Crippen molar-refractivity contribution in [2.75, 3.05) is 59.6 Å². The van der Waals surface area contributed by atoms with Crippen molar-refractivity contribution < 1.29 is 24.2 Å². The fourth-order valence-corrected chi connectivity index (χ4v) is 8.03. The van der Waals surface area contributed by atoms with Crippen molar-refractivity contribution in [1.82, 2.24) is 20.4 Å². The van der Waals surface area contributed by atoms with Crippen molar-refractivity contribution in [2.24, 2.45) is 11.8 Å². The molecule has 5 atom stereocenters. The molecule has 174 valence electrons. The SMILES string of the molecule is CNC(=O)[C@@H]1[C@H]2C(=O)N(CCCCO)C(C(=O)NCCN3CCOCC3)C23CC[C@H]1S3. The lowest BCUT2D eigenvalue weighted by molar-refractivity contribution is -0.140. The van der Waals surface area contributed by atoms with Gasteiger partial charge in [0.1, 0.15) is 6.04 Å². The van der Waals surface area contributed by atoms with Crippen LogP contribution >= 0.6 is 11.8 Å². The maximum Gasteiger partial charge on any atom is 0.244 e. The number of likely N-dealkylation sites (tertiary alicyclic amines) is 1. The molecule has 4 aliphatic heterocycles. The summed E-state index contributed by atoms with van der Waals surface area (Å²) in [7, 11) is 1.61. The Labute approximate surface area is 187 Å². The number of amides is 3. The van der Waals surface area contributed by atoms with E-state index in [1.165, 1.54) is 0 Å². The molecule has 1 spiro atoms. The van der Waals surface area contributed by atoms with E-state index in [1.807, 2.05) is 0 Å². The molecule has 3 N–H and O–H groups in total. The number of aliphatic hydroxyl groups is 1. The Balaban J connectivity index is 1.50. The van der Waals surface area contributed by atoms with Crippen LogP contribution in [-0.4, -0.2) is 108 Å². The van der Waals surface area contributed by atoms with E-state index < -0.39 is 16.7 Å². The summed E-state index contributed by atoms with van der Waals surface area (Å²) in [6, 6.07) is -0.557. The first-order valence-electron chi connectivity index (χ1n) is 11.4. The van der Waals surface area contributed by atoms with E-state index >= 15 is 0 Å². The average Bonchev–Trinajstić information content (AvgIpc) is 3.42. The van der Waals surface area contributed by atoms with Gasteiger partial charge < -0.3 is 25.4 Å². The van der Waals surface area contributed by atoms with Crippen LogP contribution in [0.1, 0.15) is 25.7 Å². The van der Waals surface area contributed by atoms with Gasteiger partial charge in [-0.15, -0.1) is 11.8 Å². The number of ether oxygens (including phenoxy) is 1. The molecule has 2 unspecified atom stereocenters. The summed E-state index contributed by atoms with van der Waals surface area (Å²) in [5.74, 6) is -1.10. The molecule has 0 saturated carbocycles. The summed E-state index contributed by atoms with van der Waals surface area (Å²) in [6.45, 7) is 4.94. The molecule has 10 heteroatoms. The second-order valence-corrected chi connectivity index (χ2v) is 10.5. The zero-order valence-corrected chi connectivity index (χ0v) is 19.0. The third-order valence-electron chi connectivity index (χ3n) is 7.24. The van der Waals surface area contributed by atoms with Gasteiger partial charge in [0.15, 0.2) is 0 Å². The molecule has 0 aromatic carbocycles. The molecular formula is C21H34N4O5S. The van der Waals surface area contributed by atoms with E-state index in [2.05, 4.69) is 15.5 Å². The Morgan fingerprint density at radius 2 is 2.00 bits per heavy atom. The predicted molar refractivity (Wildman–Crippen MR) is 116 cm³/mol. The minimum atomic E-state index is -0.557. The number of nitrogens with zero attached hydrogens (tertiary/aromatic N) is 2. The third-order valence-corrected chi connectivity index (χ3v) is 9.19. The van der Waals surface area contributed by atoms with Crippen molar-refractivity contribution in [3.05, 3.63) is 0 Å². The first-order valence-corrected chi connectivity index (χ1v) is 12.3. The normalized spacial score (nSPS) is 34.8. The van der Waals surface area contributed by atoms with Gasteiger partial charge in [-0.05, 0) is 25.7 Å². The van der Waals surface area contributed by atoms with E-state index in [0.717, 1.165) is 32.5 Å². The largest absolute Gasteiger partial charge is 0.396 e. The van der Waals surface area contributed by atoms with Crippen molar-refractivity contribution in [3.63, 3.8) is 0 Å². The van der Waals surface area contributed by atoms with E-state index in [1.54, 1.807) is 23.7 Å². The van der Waals surface area contributed by atoms with E-state index in [-0.39, 0.29) is 35.5 Å². The minimum Gasteiger partial charge on any atom is -0.396 e. The first kappa shape index (κ1) is 22.8. The lowest BCUT2D eigenvalue weighted by atomic mass is 9.71. The van der Waals surface area contributed by atoms with Crippen LogP contribution in [0.3, 0.4) is 0 Å². The van der Waals surface area contributed by atoms with Crippen LogP contribution in [0.4, 0.5) is 0 Å². The van der Waals surface area contributed by atoms with Gasteiger partial charge in [0.25, 0.3) is 0 Å². The highest BCUT2D eigenvalue weighted by Crippen LogP contribution is 2.66. The Kier molecular flexibility index (Phi) is 7.10. The van der Waals surface area contributed by atoms with Gasteiger partial charge in [-0.25, -0.2) is 0 Å². The van der Waals surface area contributed by atoms with Gasteiger partial charge in [0.05, 0.1) is 29.8 Å². The highest BCUT2D eigenvalue weighted by molar-refractivity contribution is 8.02. The molecule has 0 aromatic rings. The number of aliphatic hydroxyl groups excluding tert-OH is 1. The molecule has 9 nitrogen and oxygen atoms in total. The zero-order chi connectivity index (χ0) is 22.0. The maximum absolute atomic E-state index is 13.5. The Bertz CT molecular complexity index is 703. The second kappa shape index (κ2) is 9.64. The number of fused-ring (bicyclic) bond motifs is 1. The van der Waals surface area contributed by atoms with Gasteiger partial charge in [-0.3, -0.25) is 19.3 Å². The number of thioether (sulfide) groups is 1. The number of nitrogens with one attached hydrogen (secondary N) is 2. The van der Waals surface area contributed by atoms with Gasteiger partial charge in [0.2, 0.25) is 17.7 Å². The maximum atomic E-state index is 13.5. The number of hydrogen-bond donors (Lipinski definition) is 3. The van der Waals surface area contributed by atoms with E-state index in [4.69, 9.17) is 4.74 Å². The second-order valence-electron chi connectivity index (χ2n) is 8.88. The van der Waals surface area contributed by atoms with Crippen molar-refractivity contribution in [1.29, 1.82) is 0 Å². The molecule has 4 saturated heterocycles. The van der Waals surface area contributed by atoms with Crippen molar-refractivity contribution in [2.45, 2.75) is 41.7 Å². The minimum absolute atomic E-state index is 0.0602. The number of carbonyl (C=O) groups is 3. The Morgan fingerprint density at radius 1 is 1.23 bits per heavy atom. The van der Waals surface area contributed by atoms with Crippen LogP contribution in [0, 0.1) is 11.8 Å². The molecule has 4 rings (SSSR count). The van der Waals surface area contributed by atoms with Crippen LogP contribution in [0.2, 0.25) is 0 Å². The fourth-order valence-electron chi connectivity index (χ4n) is 5.81. The number of morpholine rings is 1. The highest BCUT2D eigenvalue weighted by atomic mass is 32.2. The molecule has 31 heavy (non-hydrogen) atoms. The van der Waals surface area contributed by atoms with E-state index in [9.17, 15) is 19.5 Å². The number of hydrogen-bond acceptors (Lipinski definition) is 7. The number of carbonyl (C=O) groups excluding carboxylic acids is 3. The van der Waals surface area contributed by atoms with Crippen molar-refractivity contribution >= 4 is 29.5 Å². The van der Waals surface area contributed by atoms with Gasteiger partial charge in [-0.1, -0.05) is 0 Å². The summed E-state index contributed by atoms with van der Waals surface area (Å²) in [5, 5.41) is 15.1. The van der Waals surface area contributed by atoms with Crippen LogP contribution in [0.5, 0.6) is 0 Å². The van der Waals surface area contributed by atoms with Crippen LogP contribution in [-0.2, 0) is 19.1 Å². The van der Waals surface area contributed by atoms with Crippen molar-refractivity contribution in [3.8, 4) is 0 Å². The van der Waals surface area contributed by atoms with Crippen LogP contribution in [0.15, 0.2) is 0 Å². The Hall–Kier alpha value is -1.36. The molecule has 3 amide bonds. The van der Waals surface area contributed by atoms with Crippen LogP contribution in [0.25, 0.3) is 0 Å². The molecule has 2 bridgehead atoms. The molecular weight excluding hydrogens is 420 g/mol. The standard InChI is InChI=1S/C21H34N4O5S/c1-22-18(27)15-14-4-5-21(31-14)16(15)20(29)25(7-2-3-11-26)17(21)19(28)23-6-8-24-9-12-30-13-10-24/h14-17,26H,2-13H2,1H3,(H,22,27)(H,23,28)/t14-,15+,16+,17?,21?/m1/s1. The summed E-state index contributed by atoms with van der Waals surface area (Å²) < 4.78 is 4.85. The van der Waals surface area contributed by atoms with Gasteiger partial charge in [0, 0.05) is 51.6 Å². The highest BCUT2D eigenvalue weighted by Gasteiger charge is 2.73. The average molecular weight is 455 g/mol. The number of rotatable bonds is 9. The lowest BCUT2D eigenvalue weighted by Gasteiger charge is -2.34. The molecule has 4 heterocycles. The Morgan fingerprint density at radius 3 is 2.71 bits per heavy atom. The smallest absolute Gasteiger partial charge is 0.244 e. The molecule has 4 aliphatic rings. The van der Waals surface area contributed by atoms with Crippen LogP contribution < -0.4 is 10.6 Å². The van der Waals surface area contributed by atoms with E-state index in [0.29, 0.717) is 39.1 Å². The summed E-state index contributed by atoms with van der Waals surface area (Å²) in [4.78, 5) is 43.5. The topological polar surface area (TPSA) is 111 Å².